The molecule has 0 radical (unpaired) electrons. The van der Waals surface area contributed by atoms with Crippen molar-refractivity contribution in [2.75, 3.05) is 52.8 Å². The Kier molecular flexibility index (Phi) is 10.9. The van der Waals surface area contributed by atoms with E-state index in [2.05, 4.69) is 10.6 Å². The van der Waals surface area contributed by atoms with Gasteiger partial charge < -0.3 is 29.7 Å². The van der Waals surface area contributed by atoms with Crippen LogP contribution in [0, 0.1) is 5.92 Å². The number of aryl methyl sites for hydroxylation is 1. The van der Waals surface area contributed by atoms with Gasteiger partial charge in [-0.05, 0) is 67.5 Å². The van der Waals surface area contributed by atoms with Gasteiger partial charge in [-0.25, -0.2) is 8.42 Å². The van der Waals surface area contributed by atoms with E-state index in [9.17, 15) is 22.8 Å². The van der Waals surface area contributed by atoms with Crippen LogP contribution in [0.2, 0.25) is 0 Å². The topological polar surface area (TPSA) is 144 Å². The van der Waals surface area contributed by atoms with Crippen LogP contribution in [0.5, 0.6) is 17.2 Å². The SMILES string of the molecule is COc1cc2c(c(OC)c1OC)-c1ccc(N[C@@H](C(=O)N3CCN(S(=O)(=O)C(C)C)CC3)C(C)C)c(=O)cc1[C@H](NC(C)=O)CC2. The van der Waals surface area contributed by atoms with Crippen molar-refractivity contribution in [3.8, 4) is 28.4 Å². The van der Waals surface area contributed by atoms with Crippen molar-refractivity contribution in [2.24, 2.45) is 5.92 Å². The molecule has 0 aromatic heterocycles. The maximum absolute atomic E-state index is 13.8. The Hall–Kier alpha value is -3.84. The fraction of sp³-hybridized carbons (Fsp3) is 0.545. The first-order chi connectivity index (χ1) is 21.7. The molecule has 2 aliphatic rings. The molecule has 4 rings (SSSR count). The summed E-state index contributed by atoms with van der Waals surface area (Å²) in [7, 11) is 1.20. The number of methoxy groups -OCH3 is 3. The average Bonchev–Trinajstić information content (AvgIpc) is 3.26. The van der Waals surface area contributed by atoms with E-state index in [1.807, 2.05) is 26.0 Å². The van der Waals surface area contributed by atoms with Gasteiger partial charge >= 0.3 is 0 Å². The van der Waals surface area contributed by atoms with E-state index in [0.29, 0.717) is 41.2 Å². The van der Waals surface area contributed by atoms with Crippen LogP contribution >= 0.6 is 0 Å². The fourth-order valence-corrected chi connectivity index (χ4v) is 7.43. The number of carbonyl (C=O) groups is 2. The molecule has 1 aliphatic heterocycles. The van der Waals surface area contributed by atoms with Gasteiger partial charge in [-0.15, -0.1) is 0 Å². The first kappa shape index (κ1) is 35.0. The molecule has 1 aliphatic carbocycles. The highest BCUT2D eigenvalue weighted by Gasteiger charge is 2.35. The third kappa shape index (κ3) is 6.95. The van der Waals surface area contributed by atoms with Gasteiger partial charge in [0.15, 0.2) is 11.5 Å². The maximum atomic E-state index is 13.8. The highest BCUT2D eigenvalue weighted by atomic mass is 32.2. The molecule has 46 heavy (non-hydrogen) atoms. The van der Waals surface area contributed by atoms with Crippen LogP contribution in [0.15, 0.2) is 29.1 Å². The number of hydrogen-bond donors (Lipinski definition) is 2. The molecule has 2 N–H and O–H groups in total. The summed E-state index contributed by atoms with van der Waals surface area (Å²) in [6.45, 7) is 9.48. The molecule has 252 valence electrons. The number of carbonyl (C=O) groups excluding carboxylic acids is 2. The second-order valence-corrected chi connectivity index (χ2v) is 14.8. The normalized spacial score (nSPS) is 17.4. The Morgan fingerprint density at radius 2 is 1.59 bits per heavy atom. The molecule has 1 heterocycles. The van der Waals surface area contributed by atoms with Crippen LogP contribution < -0.4 is 30.3 Å². The lowest BCUT2D eigenvalue weighted by Gasteiger charge is -2.37. The van der Waals surface area contributed by atoms with Gasteiger partial charge in [0.2, 0.25) is 33.0 Å². The Morgan fingerprint density at radius 1 is 0.935 bits per heavy atom. The second kappa shape index (κ2) is 14.3. The lowest BCUT2D eigenvalue weighted by atomic mass is 9.95. The minimum absolute atomic E-state index is 0.183. The number of nitrogens with zero attached hydrogens (tertiary/aromatic N) is 2. The zero-order valence-corrected chi connectivity index (χ0v) is 28.7. The predicted molar refractivity (Wildman–Crippen MR) is 177 cm³/mol. The van der Waals surface area contributed by atoms with Gasteiger partial charge in [0.25, 0.3) is 0 Å². The van der Waals surface area contributed by atoms with Gasteiger partial charge in [0.1, 0.15) is 6.04 Å². The molecule has 1 fully saturated rings. The molecule has 12 nitrogen and oxygen atoms in total. The van der Waals surface area contributed by atoms with Crippen molar-refractivity contribution >= 4 is 27.5 Å². The highest BCUT2D eigenvalue weighted by molar-refractivity contribution is 7.89. The van der Waals surface area contributed by atoms with Crippen LogP contribution in [-0.4, -0.2) is 88.2 Å². The number of nitrogens with one attached hydrogen (secondary N) is 2. The summed E-state index contributed by atoms with van der Waals surface area (Å²) < 4.78 is 43.8. The van der Waals surface area contributed by atoms with Crippen molar-refractivity contribution in [1.82, 2.24) is 14.5 Å². The van der Waals surface area contributed by atoms with Crippen molar-refractivity contribution < 1.29 is 32.2 Å². The van der Waals surface area contributed by atoms with E-state index >= 15 is 0 Å². The summed E-state index contributed by atoms with van der Waals surface area (Å²) in [6.07, 6.45) is 1.10. The average molecular weight is 659 g/mol. The second-order valence-electron chi connectivity index (χ2n) is 12.3. The number of fused-ring (bicyclic) bond motifs is 3. The molecule has 1 saturated heterocycles. The van der Waals surface area contributed by atoms with Crippen LogP contribution in [0.1, 0.15) is 58.2 Å². The van der Waals surface area contributed by atoms with Crippen LogP contribution in [0.25, 0.3) is 11.1 Å². The summed E-state index contributed by atoms with van der Waals surface area (Å²) in [4.78, 5) is 41.6. The first-order valence-corrected chi connectivity index (χ1v) is 17.1. The molecule has 2 aromatic carbocycles. The minimum atomic E-state index is -3.42. The molecule has 0 bridgehead atoms. The number of rotatable bonds is 10. The fourth-order valence-electron chi connectivity index (χ4n) is 6.17. The van der Waals surface area contributed by atoms with E-state index < -0.39 is 27.4 Å². The monoisotopic (exact) mass is 658 g/mol. The molecular weight excluding hydrogens is 612 g/mol. The molecule has 0 spiro atoms. The Morgan fingerprint density at radius 3 is 2.13 bits per heavy atom. The van der Waals surface area contributed by atoms with Crippen LogP contribution in [-0.2, 0) is 26.0 Å². The number of benzene rings is 1. The number of anilines is 1. The molecule has 0 saturated carbocycles. The molecule has 0 unspecified atom stereocenters. The Bertz CT molecular complexity index is 1640. The van der Waals surface area contributed by atoms with Crippen molar-refractivity contribution in [2.45, 2.75) is 64.8 Å². The van der Waals surface area contributed by atoms with Crippen LogP contribution in [0.4, 0.5) is 5.69 Å². The minimum Gasteiger partial charge on any atom is -0.493 e. The third-order valence-corrected chi connectivity index (χ3v) is 10.9. The Labute approximate surface area is 271 Å². The van der Waals surface area contributed by atoms with Gasteiger partial charge in [-0.1, -0.05) is 19.9 Å². The summed E-state index contributed by atoms with van der Waals surface area (Å²) in [6, 6.07) is 5.68. The predicted octanol–water partition coefficient (Wildman–Crippen LogP) is 3.18. The highest BCUT2D eigenvalue weighted by Crippen LogP contribution is 2.50. The van der Waals surface area contributed by atoms with Gasteiger partial charge in [0, 0.05) is 38.7 Å². The standard InChI is InChI=1S/C33H46N4O8S/c1-19(2)30(33(40)36-13-15-37(16-14-36)46(41,42)20(3)4)35-26-12-10-23-24(18-27(26)39)25(34-21(5)38)11-9-22-17-28(43-6)31(44-7)32(45-8)29(22)23/h10,12,17-20,25,30H,9,11,13-16H2,1-8H3,(H,34,38)(H,35,39)/t25-,30-/m1/s1. The van der Waals surface area contributed by atoms with E-state index in [1.165, 1.54) is 24.4 Å². The van der Waals surface area contributed by atoms with E-state index in [-0.39, 0.29) is 55.0 Å². The lowest BCUT2D eigenvalue weighted by Crippen LogP contribution is -2.55. The lowest BCUT2D eigenvalue weighted by molar-refractivity contribution is -0.134. The first-order valence-electron chi connectivity index (χ1n) is 15.6. The van der Waals surface area contributed by atoms with Crippen molar-refractivity contribution in [3.05, 3.63) is 45.6 Å². The number of piperazine rings is 1. The number of ether oxygens (including phenoxy) is 3. The zero-order valence-electron chi connectivity index (χ0n) is 27.9. The molecule has 2 amide bonds. The smallest absolute Gasteiger partial charge is 0.245 e. The Balaban J connectivity index is 1.76. The summed E-state index contributed by atoms with van der Waals surface area (Å²) in [5.41, 5.74) is 2.83. The van der Waals surface area contributed by atoms with E-state index in [0.717, 1.165) is 11.1 Å². The third-order valence-electron chi connectivity index (χ3n) is 8.67. The van der Waals surface area contributed by atoms with Crippen molar-refractivity contribution in [1.29, 1.82) is 0 Å². The quantitative estimate of drug-likeness (QED) is 0.394. The molecule has 2 atom stereocenters. The summed E-state index contributed by atoms with van der Waals surface area (Å²) in [5, 5.41) is 5.67. The number of hydrogen-bond acceptors (Lipinski definition) is 9. The number of amides is 2. The molecule has 2 aromatic rings. The van der Waals surface area contributed by atoms with Gasteiger partial charge in [0.05, 0.1) is 38.3 Å². The van der Waals surface area contributed by atoms with Crippen LogP contribution in [0.3, 0.4) is 0 Å². The van der Waals surface area contributed by atoms with Gasteiger partial charge in [-0.3, -0.25) is 14.4 Å². The molecular formula is C33H46N4O8S. The molecule has 13 heteroatoms. The maximum Gasteiger partial charge on any atom is 0.245 e. The van der Waals surface area contributed by atoms with E-state index in [1.54, 1.807) is 39.0 Å². The zero-order chi connectivity index (χ0) is 33.9. The van der Waals surface area contributed by atoms with E-state index in [4.69, 9.17) is 14.2 Å². The van der Waals surface area contributed by atoms with Gasteiger partial charge in [-0.2, -0.15) is 4.31 Å². The largest absolute Gasteiger partial charge is 0.493 e. The summed E-state index contributed by atoms with van der Waals surface area (Å²) in [5.74, 6) is 0.746. The van der Waals surface area contributed by atoms with Crippen molar-refractivity contribution in [3.63, 3.8) is 0 Å². The number of sulfonamides is 1. The summed E-state index contributed by atoms with van der Waals surface area (Å²) >= 11 is 0.